The summed E-state index contributed by atoms with van der Waals surface area (Å²) in [6, 6.07) is 9.00. The van der Waals surface area contributed by atoms with Crippen LogP contribution in [-0.2, 0) is 11.2 Å². The third kappa shape index (κ3) is 3.87. The normalized spacial score (nSPS) is 27.8. The smallest absolute Gasteiger partial charge is 0.0834 e. The summed E-state index contributed by atoms with van der Waals surface area (Å²) in [5.41, 5.74) is 9.14. The minimum atomic E-state index is -0.131. The Morgan fingerprint density at radius 1 is 1.29 bits per heavy atom. The van der Waals surface area contributed by atoms with Crippen molar-refractivity contribution in [3.8, 4) is 0 Å². The van der Waals surface area contributed by atoms with Crippen LogP contribution in [0.1, 0.15) is 63.5 Å². The van der Waals surface area contributed by atoms with Crippen molar-refractivity contribution in [1.29, 1.82) is 0 Å². The van der Waals surface area contributed by atoms with E-state index < -0.39 is 0 Å². The molecule has 0 saturated heterocycles. The second-order valence-electron chi connectivity index (χ2n) is 7.18. The summed E-state index contributed by atoms with van der Waals surface area (Å²) in [5, 5.41) is 0. The minimum Gasteiger partial charge on any atom is -0.377 e. The fourth-order valence-electron chi connectivity index (χ4n) is 3.70. The Balaban J connectivity index is 2.06. The van der Waals surface area contributed by atoms with Gasteiger partial charge in [0.15, 0.2) is 0 Å². The van der Waals surface area contributed by atoms with E-state index in [1.54, 1.807) is 0 Å². The molecule has 3 unspecified atom stereocenters. The van der Waals surface area contributed by atoms with Gasteiger partial charge in [0.1, 0.15) is 0 Å². The van der Waals surface area contributed by atoms with Crippen molar-refractivity contribution in [2.45, 2.75) is 70.4 Å². The second kappa shape index (κ2) is 6.93. The summed E-state index contributed by atoms with van der Waals surface area (Å²) < 4.78 is 5.92. The molecule has 0 radical (unpaired) electrons. The average molecular weight is 289 g/mol. The highest BCUT2D eigenvalue weighted by Crippen LogP contribution is 2.37. The molecule has 0 aromatic heterocycles. The average Bonchev–Trinajstić information content (AvgIpc) is 2.47. The zero-order valence-corrected chi connectivity index (χ0v) is 14.1. The molecule has 0 spiro atoms. The summed E-state index contributed by atoms with van der Waals surface area (Å²) in [7, 11) is 1.83. The molecule has 1 saturated carbocycles. The van der Waals surface area contributed by atoms with Gasteiger partial charge in [0.25, 0.3) is 0 Å². The van der Waals surface area contributed by atoms with E-state index in [1.807, 2.05) is 7.11 Å². The first kappa shape index (κ1) is 16.5. The number of hydrogen-bond donors (Lipinski definition) is 1. The molecular weight excluding hydrogens is 258 g/mol. The van der Waals surface area contributed by atoms with Gasteiger partial charge in [0.05, 0.1) is 5.60 Å². The summed E-state index contributed by atoms with van der Waals surface area (Å²) in [4.78, 5) is 0. The molecule has 2 N–H and O–H groups in total. The lowest BCUT2D eigenvalue weighted by Gasteiger charge is -2.43. The monoisotopic (exact) mass is 289 g/mol. The van der Waals surface area contributed by atoms with E-state index in [-0.39, 0.29) is 11.6 Å². The van der Waals surface area contributed by atoms with Crippen LogP contribution in [0, 0.1) is 5.92 Å². The van der Waals surface area contributed by atoms with Gasteiger partial charge in [0, 0.05) is 13.2 Å². The van der Waals surface area contributed by atoms with E-state index in [1.165, 1.54) is 24.0 Å². The summed E-state index contributed by atoms with van der Waals surface area (Å²) in [5.74, 6) is 1.30. The van der Waals surface area contributed by atoms with Gasteiger partial charge in [-0.1, -0.05) is 57.9 Å². The van der Waals surface area contributed by atoms with Crippen molar-refractivity contribution in [1.82, 2.24) is 0 Å². The standard InChI is InChI=1S/C19H31NO/c1-14(2)17-9-7-16(8-10-17)12-18(20)19(21-4)11-5-6-15(3)13-19/h7-10,14-15,18H,5-6,11-13,20H2,1-4H3. The maximum absolute atomic E-state index is 6.56. The maximum atomic E-state index is 6.56. The molecule has 0 heterocycles. The van der Waals surface area contributed by atoms with Gasteiger partial charge < -0.3 is 10.5 Å². The van der Waals surface area contributed by atoms with Crippen molar-refractivity contribution >= 4 is 0 Å². The van der Waals surface area contributed by atoms with Gasteiger partial charge in [-0.15, -0.1) is 0 Å². The van der Waals surface area contributed by atoms with Gasteiger partial charge in [-0.3, -0.25) is 0 Å². The number of ether oxygens (including phenoxy) is 1. The number of nitrogens with two attached hydrogens (primary N) is 1. The molecule has 1 aromatic carbocycles. The third-order valence-corrected chi connectivity index (χ3v) is 5.18. The van der Waals surface area contributed by atoms with E-state index in [0.29, 0.717) is 11.8 Å². The SMILES string of the molecule is COC1(C(N)Cc2ccc(C(C)C)cc2)CCCC(C)C1. The van der Waals surface area contributed by atoms with Crippen LogP contribution in [-0.4, -0.2) is 18.8 Å². The Kier molecular flexibility index (Phi) is 5.45. The van der Waals surface area contributed by atoms with Crippen molar-refractivity contribution in [2.75, 3.05) is 7.11 Å². The van der Waals surface area contributed by atoms with Crippen LogP contribution in [0.15, 0.2) is 24.3 Å². The summed E-state index contributed by atoms with van der Waals surface area (Å²) in [6.07, 6.45) is 5.63. The first-order valence-electron chi connectivity index (χ1n) is 8.36. The minimum absolute atomic E-state index is 0.0788. The molecule has 0 aliphatic heterocycles. The zero-order valence-electron chi connectivity index (χ0n) is 14.1. The number of rotatable bonds is 5. The van der Waals surface area contributed by atoms with Crippen LogP contribution >= 0.6 is 0 Å². The molecule has 2 heteroatoms. The topological polar surface area (TPSA) is 35.2 Å². The van der Waals surface area contributed by atoms with E-state index in [9.17, 15) is 0 Å². The number of benzene rings is 1. The molecular formula is C19H31NO. The fraction of sp³-hybridized carbons (Fsp3) is 0.684. The Bertz CT molecular complexity index is 439. The van der Waals surface area contributed by atoms with Crippen LogP contribution < -0.4 is 5.73 Å². The Morgan fingerprint density at radius 2 is 1.95 bits per heavy atom. The zero-order chi connectivity index (χ0) is 15.5. The highest BCUT2D eigenvalue weighted by Gasteiger charge is 2.40. The molecule has 1 aliphatic rings. The van der Waals surface area contributed by atoms with Crippen LogP contribution in [0.4, 0.5) is 0 Å². The predicted octanol–water partition coefficient (Wildman–Crippen LogP) is 4.28. The van der Waals surface area contributed by atoms with Crippen LogP contribution in [0.3, 0.4) is 0 Å². The Morgan fingerprint density at radius 3 is 2.48 bits per heavy atom. The summed E-state index contributed by atoms with van der Waals surface area (Å²) >= 11 is 0. The third-order valence-electron chi connectivity index (χ3n) is 5.18. The quantitative estimate of drug-likeness (QED) is 0.878. The lowest BCUT2D eigenvalue weighted by molar-refractivity contribution is -0.0705. The lowest BCUT2D eigenvalue weighted by Crippen LogP contribution is -2.53. The predicted molar refractivity (Wildman–Crippen MR) is 89.6 cm³/mol. The van der Waals surface area contributed by atoms with Gasteiger partial charge in [-0.25, -0.2) is 0 Å². The molecule has 2 nitrogen and oxygen atoms in total. The van der Waals surface area contributed by atoms with E-state index >= 15 is 0 Å². The van der Waals surface area contributed by atoms with Crippen LogP contribution in [0.2, 0.25) is 0 Å². The van der Waals surface area contributed by atoms with E-state index in [4.69, 9.17) is 10.5 Å². The molecule has 1 fully saturated rings. The van der Waals surface area contributed by atoms with Crippen LogP contribution in [0.25, 0.3) is 0 Å². The molecule has 3 atom stereocenters. The fourth-order valence-corrected chi connectivity index (χ4v) is 3.70. The highest BCUT2D eigenvalue weighted by atomic mass is 16.5. The highest BCUT2D eigenvalue weighted by molar-refractivity contribution is 5.25. The van der Waals surface area contributed by atoms with E-state index in [2.05, 4.69) is 45.0 Å². The van der Waals surface area contributed by atoms with Gasteiger partial charge >= 0.3 is 0 Å². The lowest BCUT2D eigenvalue weighted by atomic mass is 9.73. The largest absolute Gasteiger partial charge is 0.377 e. The van der Waals surface area contributed by atoms with Gasteiger partial charge in [-0.2, -0.15) is 0 Å². The van der Waals surface area contributed by atoms with Gasteiger partial charge in [0.2, 0.25) is 0 Å². The van der Waals surface area contributed by atoms with Crippen molar-refractivity contribution in [3.63, 3.8) is 0 Å². The first-order valence-corrected chi connectivity index (χ1v) is 8.36. The molecule has 0 bridgehead atoms. The van der Waals surface area contributed by atoms with Crippen molar-refractivity contribution < 1.29 is 4.74 Å². The molecule has 2 rings (SSSR count). The van der Waals surface area contributed by atoms with Crippen molar-refractivity contribution in [2.24, 2.45) is 11.7 Å². The second-order valence-corrected chi connectivity index (χ2v) is 7.18. The summed E-state index contributed by atoms with van der Waals surface area (Å²) in [6.45, 7) is 6.77. The Hall–Kier alpha value is -0.860. The molecule has 1 aromatic rings. The molecule has 21 heavy (non-hydrogen) atoms. The number of hydrogen-bond acceptors (Lipinski definition) is 2. The molecule has 118 valence electrons. The Labute approximate surface area is 130 Å². The molecule has 1 aliphatic carbocycles. The van der Waals surface area contributed by atoms with Crippen molar-refractivity contribution in [3.05, 3.63) is 35.4 Å². The number of methoxy groups -OCH3 is 1. The van der Waals surface area contributed by atoms with Gasteiger partial charge in [-0.05, 0) is 42.2 Å². The first-order chi connectivity index (χ1) is 9.97. The van der Waals surface area contributed by atoms with E-state index in [0.717, 1.165) is 19.3 Å². The molecule has 0 amide bonds. The maximum Gasteiger partial charge on any atom is 0.0834 e. The van der Waals surface area contributed by atoms with Crippen LogP contribution in [0.5, 0.6) is 0 Å².